The van der Waals surface area contributed by atoms with Crippen molar-refractivity contribution in [2.75, 3.05) is 38.2 Å². The molecule has 0 radical (unpaired) electrons. The number of rotatable bonds is 16. The fraction of sp³-hybridized carbons (Fsp3) is 0.375. The number of benzene rings is 3. The maximum Gasteiger partial charge on any atom is 0.264 e. The van der Waals surface area contributed by atoms with E-state index >= 15 is 0 Å². The molecule has 0 bridgehead atoms. The molecular formula is C32H41N3O6S. The molecule has 0 fully saturated rings. The molecule has 0 spiro atoms. The first kappa shape index (κ1) is 32.5. The molecule has 3 aromatic carbocycles. The van der Waals surface area contributed by atoms with Crippen LogP contribution in [0.1, 0.15) is 38.7 Å². The van der Waals surface area contributed by atoms with Crippen LogP contribution >= 0.6 is 0 Å². The van der Waals surface area contributed by atoms with Crippen LogP contribution in [0.3, 0.4) is 0 Å². The smallest absolute Gasteiger partial charge is 0.264 e. The van der Waals surface area contributed by atoms with Crippen molar-refractivity contribution >= 4 is 27.5 Å². The number of sulfonamides is 1. The van der Waals surface area contributed by atoms with Crippen molar-refractivity contribution in [2.24, 2.45) is 0 Å². The molecular weight excluding hydrogens is 554 g/mol. The highest BCUT2D eigenvalue weighted by Gasteiger charge is 2.33. The van der Waals surface area contributed by atoms with Crippen LogP contribution in [0.25, 0.3) is 0 Å². The van der Waals surface area contributed by atoms with E-state index < -0.39 is 28.5 Å². The van der Waals surface area contributed by atoms with Crippen LogP contribution in [0.5, 0.6) is 11.5 Å². The number of nitrogens with one attached hydrogen (secondary N) is 1. The summed E-state index contributed by atoms with van der Waals surface area (Å²) in [5.74, 6) is -0.00374. The topological polar surface area (TPSA) is 105 Å². The molecule has 42 heavy (non-hydrogen) atoms. The number of hydrogen-bond acceptors (Lipinski definition) is 6. The van der Waals surface area contributed by atoms with E-state index in [-0.39, 0.29) is 23.0 Å². The van der Waals surface area contributed by atoms with Crippen molar-refractivity contribution in [1.29, 1.82) is 0 Å². The lowest BCUT2D eigenvalue weighted by Crippen LogP contribution is -2.53. The summed E-state index contributed by atoms with van der Waals surface area (Å²) in [5.41, 5.74) is 1.23. The quantitative estimate of drug-likeness (QED) is 0.242. The predicted octanol–water partition coefficient (Wildman–Crippen LogP) is 4.67. The first-order chi connectivity index (χ1) is 20.3. The van der Waals surface area contributed by atoms with E-state index in [0.717, 1.165) is 22.7 Å². The molecule has 0 saturated heterocycles. The highest BCUT2D eigenvalue weighted by atomic mass is 32.2. The summed E-state index contributed by atoms with van der Waals surface area (Å²) < 4.78 is 39.8. The Hall–Kier alpha value is -4.05. The van der Waals surface area contributed by atoms with Crippen LogP contribution in [0, 0.1) is 0 Å². The number of amides is 2. The van der Waals surface area contributed by atoms with Gasteiger partial charge in [0.1, 0.15) is 12.6 Å². The Labute approximate surface area is 249 Å². The zero-order valence-corrected chi connectivity index (χ0v) is 25.6. The minimum atomic E-state index is -4.18. The Morgan fingerprint density at radius 1 is 0.881 bits per heavy atom. The number of ether oxygens (including phenoxy) is 2. The number of unbranched alkanes of at least 4 members (excludes halogenated alkanes) is 1. The van der Waals surface area contributed by atoms with Crippen molar-refractivity contribution in [3.05, 3.63) is 84.4 Å². The van der Waals surface area contributed by atoms with Crippen molar-refractivity contribution in [3.8, 4) is 11.5 Å². The standard InChI is InChI=1S/C32H41N3O6S/c1-5-7-21-33-32(37)28(6-2)34(22-20-25-14-10-8-11-15-25)31(36)24-35(42(38,39)27-16-12-9-13-17-27)26-18-19-29(40-3)30(23-26)41-4/h8-19,23,28H,5-7,20-22,24H2,1-4H3,(H,33,37)/t28-/m1/s1. The van der Waals surface area contributed by atoms with Crippen LogP contribution in [0.2, 0.25) is 0 Å². The zero-order chi connectivity index (χ0) is 30.5. The highest BCUT2D eigenvalue weighted by Crippen LogP contribution is 2.34. The van der Waals surface area contributed by atoms with Gasteiger partial charge in [-0.3, -0.25) is 13.9 Å². The van der Waals surface area contributed by atoms with E-state index in [1.54, 1.807) is 30.3 Å². The second kappa shape index (κ2) is 15.8. The van der Waals surface area contributed by atoms with Gasteiger partial charge in [-0.1, -0.05) is 68.8 Å². The summed E-state index contributed by atoms with van der Waals surface area (Å²) in [6.45, 7) is 4.12. The number of hydrogen-bond donors (Lipinski definition) is 1. The molecule has 9 nitrogen and oxygen atoms in total. The summed E-state index contributed by atoms with van der Waals surface area (Å²) in [6.07, 6.45) is 2.63. The summed E-state index contributed by atoms with van der Waals surface area (Å²) in [6, 6.07) is 21.5. The third-order valence-corrected chi connectivity index (χ3v) is 8.75. The normalized spacial score (nSPS) is 11.8. The van der Waals surface area contributed by atoms with Gasteiger partial charge >= 0.3 is 0 Å². The maximum absolute atomic E-state index is 14.1. The average molecular weight is 596 g/mol. The second-order valence-corrected chi connectivity index (χ2v) is 11.6. The van der Waals surface area contributed by atoms with Crippen molar-refractivity contribution in [3.63, 3.8) is 0 Å². The number of carbonyl (C=O) groups excluding carboxylic acids is 2. The van der Waals surface area contributed by atoms with Gasteiger partial charge < -0.3 is 19.7 Å². The van der Waals surface area contributed by atoms with Gasteiger partial charge in [0, 0.05) is 19.2 Å². The fourth-order valence-electron chi connectivity index (χ4n) is 4.63. The van der Waals surface area contributed by atoms with Gasteiger partial charge in [-0.25, -0.2) is 8.42 Å². The predicted molar refractivity (Wildman–Crippen MR) is 164 cm³/mol. The minimum absolute atomic E-state index is 0.0350. The van der Waals surface area contributed by atoms with Gasteiger partial charge in [-0.05, 0) is 49.1 Å². The van der Waals surface area contributed by atoms with Crippen molar-refractivity contribution in [2.45, 2.75) is 50.5 Å². The van der Waals surface area contributed by atoms with E-state index in [1.165, 1.54) is 37.3 Å². The Bertz CT molecular complexity index is 1400. The summed E-state index contributed by atoms with van der Waals surface area (Å²) in [5, 5.41) is 2.94. The molecule has 1 atom stereocenters. The van der Waals surface area contributed by atoms with Gasteiger partial charge in [-0.2, -0.15) is 0 Å². The van der Waals surface area contributed by atoms with Crippen LogP contribution in [-0.4, -0.2) is 65.0 Å². The SMILES string of the molecule is CCCCNC(=O)[C@@H](CC)N(CCc1ccccc1)C(=O)CN(c1ccc(OC)c(OC)c1)S(=O)(=O)c1ccccc1. The molecule has 0 saturated carbocycles. The minimum Gasteiger partial charge on any atom is -0.493 e. The fourth-order valence-corrected chi connectivity index (χ4v) is 6.06. The molecule has 1 N–H and O–H groups in total. The maximum atomic E-state index is 14.1. The first-order valence-electron chi connectivity index (χ1n) is 14.2. The van der Waals surface area contributed by atoms with Gasteiger partial charge in [0.05, 0.1) is 24.8 Å². The molecule has 0 heterocycles. The lowest BCUT2D eigenvalue weighted by atomic mass is 10.1. The average Bonchev–Trinajstić information content (AvgIpc) is 3.02. The van der Waals surface area contributed by atoms with Crippen molar-refractivity contribution < 1.29 is 27.5 Å². The molecule has 0 aliphatic carbocycles. The zero-order valence-electron chi connectivity index (χ0n) is 24.8. The van der Waals surface area contributed by atoms with Crippen molar-refractivity contribution in [1.82, 2.24) is 10.2 Å². The Morgan fingerprint density at radius 2 is 1.52 bits per heavy atom. The van der Waals surface area contributed by atoms with E-state index in [2.05, 4.69) is 5.32 Å². The molecule has 0 aliphatic rings. The Balaban J connectivity index is 2.03. The number of nitrogens with zero attached hydrogens (tertiary/aromatic N) is 2. The Kier molecular flexibility index (Phi) is 12.2. The van der Waals surface area contributed by atoms with Gasteiger partial charge in [0.25, 0.3) is 10.0 Å². The first-order valence-corrected chi connectivity index (χ1v) is 15.6. The lowest BCUT2D eigenvalue weighted by molar-refractivity contribution is -0.139. The number of carbonyl (C=O) groups is 2. The second-order valence-electron chi connectivity index (χ2n) is 9.76. The molecule has 3 aromatic rings. The molecule has 0 aliphatic heterocycles. The molecule has 0 unspecified atom stereocenters. The monoisotopic (exact) mass is 595 g/mol. The largest absolute Gasteiger partial charge is 0.493 e. The van der Waals surface area contributed by atoms with Crippen LogP contribution < -0.4 is 19.1 Å². The van der Waals surface area contributed by atoms with E-state index in [9.17, 15) is 18.0 Å². The Morgan fingerprint density at radius 3 is 2.12 bits per heavy atom. The molecule has 10 heteroatoms. The third-order valence-electron chi connectivity index (χ3n) is 6.96. The molecule has 3 rings (SSSR count). The molecule has 226 valence electrons. The lowest BCUT2D eigenvalue weighted by Gasteiger charge is -2.33. The molecule has 0 aromatic heterocycles. The number of anilines is 1. The third kappa shape index (κ3) is 8.25. The van der Waals surface area contributed by atoms with Gasteiger partial charge in [0.15, 0.2) is 11.5 Å². The molecule has 2 amide bonds. The van der Waals surface area contributed by atoms with E-state index in [0.29, 0.717) is 30.9 Å². The van der Waals surface area contributed by atoms with Crippen LogP contribution in [0.15, 0.2) is 83.8 Å². The van der Waals surface area contributed by atoms with Gasteiger partial charge in [0.2, 0.25) is 11.8 Å². The van der Waals surface area contributed by atoms with Crippen LogP contribution in [0.4, 0.5) is 5.69 Å². The van der Waals surface area contributed by atoms with Gasteiger partial charge in [-0.15, -0.1) is 0 Å². The summed E-state index contributed by atoms with van der Waals surface area (Å²) in [4.78, 5) is 28.9. The van der Waals surface area contributed by atoms with E-state index in [1.807, 2.05) is 44.2 Å². The van der Waals surface area contributed by atoms with E-state index in [4.69, 9.17) is 9.47 Å². The summed E-state index contributed by atoms with van der Waals surface area (Å²) in [7, 11) is -1.23. The summed E-state index contributed by atoms with van der Waals surface area (Å²) >= 11 is 0. The van der Waals surface area contributed by atoms with Crippen LogP contribution in [-0.2, 0) is 26.0 Å². The number of methoxy groups -OCH3 is 2. The highest BCUT2D eigenvalue weighted by molar-refractivity contribution is 7.92.